The van der Waals surface area contributed by atoms with E-state index < -0.39 is 9.84 Å². The van der Waals surface area contributed by atoms with Crippen LogP contribution in [0.3, 0.4) is 0 Å². The minimum atomic E-state index is -3.50. The minimum Gasteiger partial charge on any atom is -0.496 e. The molecule has 22 heavy (non-hydrogen) atoms. The van der Waals surface area contributed by atoms with E-state index in [1.165, 1.54) is 38.3 Å². The summed E-state index contributed by atoms with van der Waals surface area (Å²) in [5, 5.41) is 0. The van der Waals surface area contributed by atoms with Gasteiger partial charge in [-0.1, -0.05) is 29.8 Å². The highest BCUT2D eigenvalue weighted by molar-refractivity contribution is 7.90. The molecule has 2 rings (SSSR count). The molecule has 0 aliphatic heterocycles. The molecule has 5 heteroatoms. The first-order valence-corrected chi connectivity index (χ1v) is 8.46. The van der Waals surface area contributed by atoms with Gasteiger partial charge in [0.15, 0.2) is 15.6 Å². The SMILES string of the molecule is COc1ccc(C)cc1CS(=O)(=O)c1ccc(C(C)=O)cc1. The third-order valence-corrected chi connectivity index (χ3v) is 5.08. The zero-order valence-corrected chi connectivity index (χ0v) is 13.6. The maximum atomic E-state index is 12.5. The average molecular weight is 318 g/mol. The lowest BCUT2D eigenvalue weighted by Crippen LogP contribution is -2.07. The predicted octanol–water partition coefficient (Wildman–Crippen LogP) is 3.18. The lowest BCUT2D eigenvalue weighted by molar-refractivity contribution is 0.101. The fraction of sp³-hybridized carbons (Fsp3) is 0.235. The maximum absolute atomic E-state index is 12.5. The second kappa shape index (κ2) is 6.32. The van der Waals surface area contributed by atoms with E-state index in [-0.39, 0.29) is 16.4 Å². The van der Waals surface area contributed by atoms with Gasteiger partial charge >= 0.3 is 0 Å². The molecule has 0 bridgehead atoms. The highest BCUT2D eigenvalue weighted by Gasteiger charge is 2.18. The average Bonchev–Trinajstić information content (AvgIpc) is 2.47. The summed E-state index contributed by atoms with van der Waals surface area (Å²) in [6.45, 7) is 3.35. The van der Waals surface area contributed by atoms with Crippen LogP contribution in [0.4, 0.5) is 0 Å². The number of methoxy groups -OCH3 is 1. The van der Waals surface area contributed by atoms with E-state index >= 15 is 0 Å². The van der Waals surface area contributed by atoms with Crippen molar-refractivity contribution < 1.29 is 17.9 Å². The van der Waals surface area contributed by atoms with Crippen LogP contribution in [-0.4, -0.2) is 21.3 Å². The second-order valence-corrected chi connectivity index (χ2v) is 7.14. The van der Waals surface area contributed by atoms with E-state index in [4.69, 9.17) is 4.74 Å². The fourth-order valence-corrected chi connectivity index (χ4v) is 3.56. The van der Waals surface area contributed by atoms with Crippen LogP contribution in [0.15, 0.2) is 47.4 Å². The number of rotatable bonds is 5. The third kappa shape index (κ3) is 3.54. The van der Waals surface area contributed by atoms with Crippen LogP contribution in [0.1, 0.15) is 28.4 Å². The summed E-state index contributed by atoms with van der Waals surface area (Å²) in [7, 11) is -1.98. The normalized spacial score (nSPS) is 11.2. The Morgan fingerprint density at radius 1 is 1.09 bits per heavy atom. The monoisotopic (exact) mass is 318 g/mol. The van der Waals surface area contributed by atoms with Gasteiger partial charge in [0, 0.05) is 11.1 Å². The number of benzene rings is 2. The van der Waals surface area contributed by atoms with E-state index in [9.17, 15) is 13.2 Å². The topological polar surface area (TPSA) is 60.4 Å². The van der Waals surface area contributed by atoms with Crippen LogP contribution in [0.2, 0.25) is 0 Å². The first kappa shape index (κ1) is 16.2. The molecule has 116 valence electrons. The van der Waals surface area contributed by atoms with Crippen molar-refractivity contribution in [2.24, 2.45) is 0 Å². The summed E-state index contributed by atoms with van der Waals surface area (Å²) in [6.07, 6.45) is 0. The lowest BCUT2D eigenvalue weighted by Gasteiger charge is -2.10. The van der Waals surface area contributed by atoms with Gasteiger partial charge in [0.05, 0.1) is 17.8 Å². The Morgan fingerprint density at radius 3 is 2.27 bits per heavy atom. The Labute approximate surface area is 130 Å². The standard InChI is InChI=1S/C17H18O4S/c1-12-4-9-17(21-3)15(10-12)11-22(19,20)16-7-5-14(6-8-16)13(2)18/h4-10H,11H2,1-3H3. The van der Waals surface area contributed by atoms with E-state index in [2.05, 4.69) is 0 Å². The van der Waals surface area contributed by atoms with Crippen molar-refractivity contribution in [2.75, 3.05) is 7.11 Å². The maximum Gasteiger partial charge on any atom is 0.182 e. The van der Waals surface area contributed by atoms with Crippen molar-refractivity contribution in [2.45, 2.75) is 24.5 Å². The van der Waals surface area contributed by atoms with Crippen LogP contribution in [-0.2, 0) is 15.6 Å². The molecule has 0 unspecified atom stereocenters. The Bertz CT molecular complexity index is 790. The van der Waals surface area contributed by atoms with Crippen molar-refractivity contribution >= 4 is 15.6 Å². The number of sulfone groups is 1. The number of hydrogen-bond acceptors (Lipinski definition) is 4. The molecule has 0 N–H and O–H groups in total. The van der Waals surface area contributed by atoms with Gasteiger partial charge < -0.3 is 4.74 Å². The van der Waals surface area contributed by atoms with Gasteiger partial charge in [-0.05, 0) is 32.0 Å². The zero-order chi connectivity index (χ0) is 16.3. The number of ketones is 1. The molecular formula is C17H18O4S. The molecule has 0 aromatic heterocycles. The van der Waals surface area contributed by atoms with Crippen LogP contribution >= 0.6 is 0 Å². The summed E-state index contributed by atoms with van der Waals surface area (Å²) >= 11 is 0. The largest absolute Gasteiger partial charge is 0.496 e. The van der Waals surface area contributed by atoms with Crippen LogP contribution in [0.25, 0.3) is 0 Å². The summed E-state index contributed by atoms with van der Waals surface area (Å²) in [4.78, 5) is 11.4. The van der Waals surface area contributed by atoms with Crippen LogP contribution in [0.5, 0.6) is 5.75 Å². The summed E-state index contributed by atoms with van der Waals surface area (Å²) < 4.78 is 30.3. The molecule has 2 aromatic rings. The smallest absolute Gasteiger partial charge is 0.182 e. The van der Waals surface area contributed by atoms with Crippen LogP contribution in [0, 0.1) is 6.92 Å². The summed E-state index contributed by atoms with van der Waals surface area (Å²) in [5.74, 6) is 0.316. The first-order chi connectivity index (χ1) is 10.3. The molecule has 0 atom stereocenters. The van der Waals surface area contributed by atoms with E-state index in [1.807, 2.05) is 13.0 Å². The Hall–Kier alpha value is -2.14. The zero-order valence-electron chi connectivity index (χ0n) is 12.8. The molecule has 0 saturated carbocycles. The molecule has 0 aliphatic rings. The second-order valence-electron chi connectivity index (χ2n) is 5.15. The van der Waals surface area contributed by atoms with Crippen molar-refractivity contribution in [3.8, 4) is 5.75 Å². The third-order valence-electron chi connectivity index (χ3n) is 3.40. The van der Waals surface area contributed by atoms with E-state index in [0.29, 0.717) is 16.9 Å². The molecule has 0 saturated heterocycles. The van der Waals surface area contributed by atoms with E-state index in [0.717, 1.165) is 5.56 Å². The molecule has 0 heterocycles. The Balaban J connectivity index is 2.35. The minimum absolute atomic E-state index is 0.0932. The summed E-state index contributed by atoms with van der Waals surface area (Å²) in [5.41, 5.74) is 2.09. The van der Waals surface area contributed by atoms with Crippen molar-refractivity contribution in [1.82, 2.24) is 0 Å². The molecule has 0 radical (unpaired) electrons. The highest BCUT2D eigenvalue weighted by atomic mass is 32.2. The number of ether oxygens (including phenoxy) is 1. The predicted molar refractivity (Wildman–Crippen MR) is 85.1 cm³/mol. The van der Waals surface area contributed by atoms with Gasteiger partial charge in [-0.25, -0.2) is 8.42 Å². The van der Waals surface area contributed by atoms with Gasteiger partial charge in [0.2, 0.25) is 0 Å². The van der Waals surface area contributed by atoms with E-state index in [1.54, 1.807) is 12.1 Å². The highest BCUT2D eigenvalue weighted by Crippen LogP contribution is 2.25. The van der Waals surface area contributed by atoms with Gasteiger partial charge in [-0.2, -0.15) is 0 Å². The van der Waals surface area contributed by atoms with Gasteiger partial charge in [-0.3, -0.25) is 4.79 Å². The number of aryl methyl sites for hydroxylation is 1. The molecule has 0 amide bonds. The number of carbonyl (C=O) groups excluding carboxylic acids is 1. The Morgan fingerprint density at radius 2 is 1.73 bits per heavy atom. The number of carbonyl (C=O) groups is 1. The van der Waals surface area contributed by atoms with Crippen molar-refractivity contribution in [3.63, 3.8) is 0 Å². The molecule has 4 nitrogen and oxygen atoms in total. The summed E-state index contributed by atoms with van der Waals surface area (Å²) in [6, 6.07) is 11.4. The van der Waals surface area contributed by atoms with Gasteiger partial charge in [-0.15, -0.1) is 0 Å². The van der Waals surface area contributed by atoms with Crippen LogP contribution < -0.4 is 4.74 Å². The molecule has 0 aliphatic carbocycles. The molecular weight excluding hydrogens is 300 g/mol. The Kier molecular flexibility index (Phi) is 4.66. The molecule has 0 spiro atoms. The molecule has 0 fully saturated rings. The molecule has 2 aromatic carbocycles. The lowest BCUT2D eigenvalue weighted by atomic mass is 10.1. The number of hydrogen-bond donors (Lipinski definition) is 0. The van der Waals surface area contributed by atoms with Crippen molar-refractivity contribution in [1.29, 1.82) is 0 Å². The quantitative estimate of drug-likeness (QED) is 0.794. The van der Waals surface area contributed by atoms with Gasteiger partial charge in [0.1, 0.15) is 5.75 Å². The van der Waals surface area contributed by atoms with Crippen molar-refractivity contribution in [3.05, 3.63) is 59.2 Å². The first-order valence-electron chi connectivity index (χ1n) is 6.81. The van der Waals surface area contributed by atoms with Gasteiger partial charge in [0.25, 0.3) is 0 Å². The number of Topliss-reactive ketones (excluding diaryl/α,β-unsaturated/α-hetero) is 1. The fourth-order valence-electron chi connectivity index (χ4n) is 2.21.